The molecule has 0 N–H and O–H groups in total. The molecule has 3 nitrogen and oxygen atoms in total. The van der Waals surface area contributed by atoms with Gasteiger partial charge in [-0.05, 0) is 58.9 Å². The van der Waals surface area contributed by atoms with Gasteiger partial charge < -0.3 is 13.9 Å². The zero-order chi connectivity index (χ0) is 20.4. The molecule has 3 aromatic carbocycles. The average molecular weight is 383 g/mol. The Morgan fingerprint density at radius 1 is 0.724 bits per heavy atom. The minimum absolute atomic E-state index is 0.372. The van der Waals surface area contributed by atoms with Gasteiger partial charge >= 0.3 is 7.12 Å². The molecule has 5 rings (SSSR count). The number of aryl methyl sites for hydroxylation is 1. The van der Waals surface area contributed by atoms with Gasteiger partial charge in [0.1, 0.15) is 0 Å². The molecule has 0 atom stereocenters. The molecule has 1 aliphatic rings. The number of para-hydroxylation sites is 2. The molecule has 29 heavy (non-hydrogen) atoms. The van der Waals surface area contributed by atoms with Crippen LogP contribution in [0.15, 0.2) is 66.7 Å². The van der Waals surface area contributed by atoms with Crippen molar-refractivity contribution in [1.29, 1.82) is 0 Å². The lowest BCUT2D eigenvalue weighted by Crippen LogP contribution is -2.41. The van der Waals surface area contributed by atoms with Gasteiger partial charge in [-0.15, -0.1) is 0 Å². The van der Waals surface area contributed by atoms with Crippen molar-refractivity contribution in [3.8, 4) is 5.69 Å². The van der Waals surface area contributed by atoms with E-state index in [1.165, 1.54) is 27.4 Å². The molecule has 4 heteroatoms. The highest BCUT2D eigenvalue weighted by Gasteiger charge is 2.52. The fourth-order valence-electron chi connectivity index (χ4n) is 4.21. The van der Waals surface area contributed by atoms with Gasteiger partial charge in [0.15, 0.2) is 0 Å². The van der Waals surface area contributed by atoms with Crippen molar-refractivity contribution in [2.45, 2.75) is 45.8 Å². The van der Waals surface area contributed by atoms with E-state index in [-0.39, 0.29) is 11.2 Å². The quantitative estimate of drug-likeness (QED) is 0.433. The molecule has 1 aromatic heterocycles. The Balaban J connectivity index is 1.77. The van der Waals surface area contributed by atoms with E-state index in [0.717, 1.165) is 11.2 Å². The fourth-order valence-corrected chi connectivity index (χ4v) is 4.21. The van der Waals surface area contributed by atoms with Gasteiger partial charge in [0.05, 0.1) is 22.2 Å². The average Bonchev–Trinajstić information content (AvgIpc) is 3.11. The Hall–Kier alpha value is -2.56. The van der Waals surface area contributed by atoms with E-state index >= 15 is 0 Å². The van der Waals surface area contributed by atoms with E-state index in [1.807, 2.05) is 0 Å². The monoisotopic (exact) mass is 383 g/mol. The maximum Gasteiger partial charge on any atom is 0.496 e. The molecule has 0 saturated carbocycles. The summed E-state index contributed by atoms with van der Waals surface area (Å²) in [6.45, 7) is 10.5. The minimum atomic E-state index is -0.405. The van der Waals surface area contributed by atoms with E-state index in [9.17, 15) is 0 Å². The molecule has 146 valence electrons. The molecule has 1 aliphatic heterocycles. The maximum absolute atomic E-state index is 6.40. The van der Waals surface area contributed by atoms with E-state index in [2.05, 4.69) is 106 Å². The first-order valence-electron chi connectivity index (χ1n) is 10.2. The second-order valence-electron chi connectivity index (χ2n) is 9.02. The molecule has 0 spiro atoms. The van der Waals surface area contributed by atoms with Gasteiger partial charge in [0, 0.05) is 21.9 Å². The van der Waals surface area contributed by atoms with Crippen LogP contribution >= 0.6 is 0 Å². The van der Waals surface area contributed by atoms with Gasteiger partial charge in [-0.1, -0.05) is 48.0 Å². The third kappa shape index (κ3) is 2.74. The Bertz CT molecular complexity index is 1220. The summed E-state index contributed by atoms with van der Waals surface area (Å²) in [7, 11) is -0.405. The molecule has 2 heterocycles. The zero-order valence-electron chi connectivity index (χ0n) is 17.7. The summed E-state index contributed by atoms with van der Waals surface area (Å²) in [4.78, 5) is 0. The third-order valence-electron chi connectivity index (χ3n) is 6.51. The molecule has 1 saturated heterocycles. The van der Waals surface area contributed by atoms with Crippen molar-refractivity contribution in [2.75, 3.05) is 0 Å². The second-order valence-corrected chi connectivity index (χ2v) is 9.02. The highest BCUT2D eigenvalue weighted by molar-refractivity contribution is 6.63. The third-order valence-corrected chi connectivity index (χ3v) is 6.51. The normalized spacial score (nSPS) is 18.0. The Labute approximate surface area is 172 Å². The number of nitrogens with zero attached hydrogens (tertiary/aromatic N) is 1. The summed E-state index contributed by atoms with van der Waals surface area (Å²) < 4.78 is 15.1. The van der Waals surface area contributed by atoms with Gasteiger partial charge in [-0.25, -0.2) is 0 Å². The highest BCUT2D eigenvalue weighted by atomic mass is 16.7. The van der Waals surface area contributed by atoms with E-state index in [4.69, 9.17) is 9.31 Å². The summed E-state index contributed by atoms with van der Waals surface area (Å²) in [5, 5.41) is 2.53. The number of fused-ring (bicyclic) bond motifs is 3. The summed E-state index contributed by atoms with van der Waals surface area (Å²) >= 11 is 0. The fraction of sp³-hybridized carbons (Fsp3) is 0.280. The van der Waals surface area contributed by atoms with Crippen molar-refractivity contribution in [2.24, 2.45) is 0 Å². The van der Waals surface area contributed by atoms with Gasteiger partial charge in [-0.3, -0.25) is 0 Å². The number of hydrogen-bond acceptors (Lipinski definition) is 2. The first-order valence-corrected chi connectivity index (χ1v) is 10.2. The molecular formula is C25H26BNO2. The van der Waals surface area contributed by atoms with Gasteiger partial charge in [-0.2, -0.15) is 0 Å². The lowest BCUT2D eigenvalue weighted by Gasteiger charge is -2.32. The van der Waals surface area contributed by atoms with E-state index in [0.29, 0.717) is 0 Å². The second kappa shape index (κ2) is 6.22. The Morgan fingerprint density at radius 3 is 2.10 bits per heavy atom. The first-order chi connectivity index (χ1) is 13.8. The molecule has 0 unspecified atom stereocenters. The van der Waals surface area contributed by atoms with Crippen molar-refractivity contribution < 1.29 is 9.31 Å². The Morgan fingerprint density at radius 2 is 1.34 bits per heavy atom. The van der Waals surface area contributed by atoms with Crippen LogP contribution in [-0.2, 0) is 9.31 Å². The number of benzene rings is 3. The van der Waals surface area contributed by atoms with Crippen LogP contribution in [0.2, 0.25) is 0 Å². The van der Waals surface area contributed by atoms with Crippen molar-refractivity contribution in [3.63, 3.8) is 0 Å². The van der Waals surface area contributed by atoms with E-state index < -0.39 is 7.12 Å². The van der Waals surface area contributed by atoms with Crippen molar-refractivity contribution >= 4 is 34.4 Å². The van der Waals surface area contributed by atoms with Crippen LogP contribution in [0.4, 0.5) is 0 Å². The highest BCUT2D eigenvalue weighted by Crippen LogP contribution is 2.38. The summed E-state index contributed by atoms with van der Waals surface area (Å²) in [5.41, 5.74) is 5.05. The van der Waals surface area contributed by atoms with Crippen LogP contribution < -0.4 is 5.46 Å². The van der Waals surface area contributed by atoms with Gasteiger partial charge in [0.2, 0.25) is 0 Å². The predicted molar refractivity (Wildman–Crippen MR) is 121 cm³/mol. The predicted octanol–water partition coefficient (Wildman–Crippen LogP) is 5.39. The first kappa shape index (κ1) is 18.5. The summed E-state index contributed by atoms with van der Waals surface area (Å²) in [5.74, 6) is 0. The Kier molecular flexibility index (Phi) is 3.96. The van der Waals surface area contributed by atoms with Crippen LogP contribution in [0.1, 0.15) is 33.3 Å². The molecule has 4 aromatic rings. The number of hydrogen-bond donors (Lipinski definition) is 0. The largest absolute Gasteiger partial charge is 0.496 e. The molecule has 0 bridgehead atoms. The van der Waals surface area contributed by atoms with Crippen LogP contribution in [-0.4, -0.2) is 22.9 Å². The summed E-state index contributed by atoms with van der Waals surface area (Å²) in [6.07, 6.45) is 0. The molecule has 0 aliphatic carbocycles. The van der Waals surface area contributed by atoms with Crippen LogP contribution in [0.25, 0.3) is 27.5 Å². The standard InChI is InChI=1S/C25H26BNO2/c1-17-14-15-22-19(16-17)18-10-6-8-12-21(18)27(22)23-13-9-7-11-20(23)26-28-24(2,3)25(4,5)29-26/h6-16H,1-5H3. The van der Waals surface area contributed by atoms with Crippen molar-refractivity contribution in [3.05, 3.63) is 72.3 Å². The summed E-state index contributed by atoms with van der Waals surface area (Å²) in [6, 6.07) is 23.7. The minimum Gasteiger partial charge on any atom is -0.399 e. The smallest absolute Gasteiger partial charge is 0.399 e. The van der Waals surface area contributed by atoms with E-state index in [1.54, 1.807) is 0 Å². The topological polar surface area (TPSA) is 23.4 Å². The SMILES string of the molecule is Cc1ccc2c(c1)c1ccccc1n2-c1ccccc1B1OC(C)(C)C(C)(C)O1. The lowest BCUT2D eigenvalue weighted by atomic mass is 9.77. The number of rotatable bonds is 2. The van der Waals surface area contributed by atoms with Crippen LogP contribution in [0, 0.1) is 6.92 Å². The lowest BCUT2D eigenvalue weighted by molar-refractivity contribution is 0.00578. The number of aromatic nitrogens is 1. The van der Waals surface area contributed by atoms with Crippen LogP contribution in [0.3, 0.4) is 0 Å². The van der Waals surface area contributed by atoms with Gasteiger partial charge in [0.25, 0.3) is 0 Å². The van der Waals surface area contributed by atoms with Crippen LogP contribution in [0.5, 0.6) is 0 Å². The molecule has 0 amide bonds. The van der Waals surface area contributed by atoms with Crippen molar-refractivity contribution in [1.82, 2.24) is 4.57 Å². The molecule has 1 fully saturated rings. The maximum atomic E-state index is 6.40. The molecular weight excluding hydrogens is 357 g/mol. The zero-order valence-corrected chi connectivity index (χ0v) is 17.7. The molecule has 0 radical (unpaired) electrons.